The van der Waals surface area contributed by atoms with Gasteiger partial charge in [0.25, 0.3) is 0 Å². The minimum Gasteiger partial charge on any atom is -0.316 e. The molecular formula is C15H21N3O. The molecule has 4 heteroatoms. The van der Waals surface area contributed by atoms with Crippen LogP contribution in [0, 0.1) is 0 Å². The van der Waals surface area contributed by atoms with Crippen LogP contribution >= 0.6 is 0 Å². The van der Waals surface area contributed by atoms with E-state index < -0.39 is 0 Å². The number of carbonyl (C=O) groups excluding carboxylic acids is 1. The molecule has 0 bridgehead atoms. The number of amides is 1. The lowest BCUT2D eigenvalue weighted by Gasteiger charge is -2.29. The van der Waals surface area contributed by atoms with Gasteiger partial charge in [0.1, 0.15) is 0 Å². The zero-order valence-corrected chi connectivity index (χ0v) is 11.4. The Balaban J connectivity index is 1.80. The Morgan fingerprint density at radius 2 is 1.95 bits per heavy atom. The molecule has 2 fully saturated rings. The van der Waals surface area contributed by atoms with Gasteiger partial charge in [0.2, 0.25) is 5.91 Å². The van der Waals surface area contributed by atoms with Gasteiger partial charge in [0.15, 0.2) is 0 Å². The fourth-order valence-corrected chi connectivity index (χ4v) is 2.99. The van der Waals surface area contributed by atoms with Gasteiger partial charge in [-0.1, -0.05) is 19.1 Å². The average Bonchev–Trinajstić information content (AvgIpc) is 2.88. The molecule has 3 rings (SSSR count). The molecule has 2 N–H and O–H groups in total. The molecule has 1 aromatic rings. The molecule has 102 valence electrons. The Morgan fingerprint density at radius 1 is 1.16 bits per heavy atom. The predicted octanol–water partition coefficient (Wildman–Crippen LogP) is 0.874. The first-order valence-corrected chi connectivity index (χ1v) is 7.01. The Hall–Kier alpha value is -1.39. The maximum absolute atomic E-state index is 11.9. The second-order valence-electron chi connectivity index (χ2n) is 5.76. The van der Waals surface area contributed by atoms with Crippen LogP contribution in [0.1, 0.15) is 18.9 Å². The van der Waals surface area contributed by atoms with E-state index in [0.29, 0.717) is 6.54 Å². The third-order valence-corrected chi connectivity index (χ3v) is 4.33. The van der Waals surface area contributed by atoms with Crippen LogP contribution in [0.2, 0.25) is 0 Å². The van der Waals surface area contributed by atoms with Gasteiger partial charge in [0, 0.05) is 30.7 Å². The molecule has 19 heavy (non-hydrogen) atoms. The van der Waals surface area contributed by atoms with Gasteiger partial charge >= 0.3 is 0 Å². The van der Waals surface area contributed by atoms with Crippen LogP contribution in [0.25, 0.3) is 0 Å². The Kier molecular flexibility index (Phi) is 3.29. The van der Waals surface area contributed by atoms with Crippen molar-refractivity contribution in [2.24, 2.45) is 0 Å². The van der Waals surface area contributed by atoms with Gasteiger partial charge in [-0.2, -0.15) is 0 Å². The number of anilines is 1. The fourth-order valence-electron chi connectivity index (χ4n) is 2.99. The second kappa shape index (κ2) is 4.94. The Labute approximate surface area is 114 Å². The monoisotopic (exact) mass is 259 g/mol. The van der Waals surface area contributed by atoms with Crippen molar-refractivity contribution >= 4 is 11.6 Å². The van der Waals surface area contributed by atoms with Crippen molar-refractivity contribution in [1.29, 1.82) is 0 Å². The van der Waals surface area contributed by atoms with Gasteiger partial charge in [0.05, 0.1) is 6.54 Å². The molecule has 1 amide bonds. The molecule has 0 radical (unpaired) electrons. The van der Waals surface area contributed by atoms with E-state index >= 15 is 0 Å². The number of carbonyl (C=O) groups is 1. The molecule has 0 aliphatic carbocycles. The topological polar surface area (TPSA) is 44.4 Å². The highest BCUT2D eigenvalue weighted by Gasteiger charge is 2.30. The van der Waals surface area contributed by atoms with Gasteiger partial charge in [-0.3, -0.25) is 4.79 Å². The van der Waals surface area contributed by atoms with Crippen molar-refractivity contribution in [2.75, 3.05) is 37.6 Å². The molecule has 2 aliphatic rings. The normalized spacial score (nSPS) is 27.8. The van der Waals surface area contributed by atoms with E-state index in [9.17, 15) is 4.79 Å². The van der Waals surface area contributed by atoms with Gasteiger partial charge < -0.3 is 15.5 Å². The van der Waals surface area contributed by atoms with E-state index in [1.165, 1.54) is 12.0 Å². The minimum absolute atomic E-state index is 0.160. The van der Waals surface area contributed by atoms with Crippen molar-refractivity contribution in [3.63, 3.8) is 0 Å². The zero-order chi connectivity index (χ0) is 13.3. The molecule has 0 spiro atoms. The summed E-state index contributed by atoms with van der Waals surface area (Å²) in [6.07, 6.45) is 1.18. The van der Waals surface area contributed by atoms with E-state index in [0.717, 1.165) is 31.9 Å². The van der Waals surface area contributed by atoms with E-state index in [2.05, 4.69) is 41.8 Å². The lowest BCUT2D eigenvalue weighted by atomic mass is 9.82. The largest absolute Gasteiger partial charge is 0.316 e. The molecule has 0 saturated carbocycles. The summed E-state index contributed by atoms with van der Waals surface area (Å²) < 4.78 is 0. The Bertz CT molecular complexity index is 463. The zero-order valence-electron chi connectivity index (χ0n) is 11.4. The second-order valence-corrected chi connectivity index (χ2v) is 5.76. The van der Waals surface area contributed by atoms with E-state index in [4.69, 9.17) is 0 Å². The summed E-state index contributed by atoms with van der Waals surface area (Å²) in [5.74, 6) is 0.160. The van der Waals surface area contributed by atoms with Crippen molar-refractivity contribution in [3.05, 3.63) is 29.8 Å². The fraction of sp³-hybridized carbons (Fsp3) is 0.533. The number of nitrogens with one attached hydrogen (secondary N) is 2. The molecule has 0 aromatic heterocycles. The van der Waals surface area contributed by atoms with E-state index in [1.807, 2.05) is 4.90 Å². The lowest BCUT2D eigenvalue weighted by molar-refractivity contribution is -0.118. The highest BCUT2D eigenvalue weighted by atomic mass is 16.2. The van der Waals surface area contributed by atoms with Crippen LogP contribution in [0.3, 0.4) is 0 Å². The maximum atomic E-state index is 11.9. The summed E-state index contributed by atoms with van der Waals surface area (Å²) in [5, 5.41) is 6.52. The van der Waals surface area contributed by atoms with E-state index in [1.54, 1.807) is 0 Å². The van der Waals surface area contributed by atoms with Crippen LogP contribution in [0.4, 0.5) is 5.69 Å². The van der Waals surface area contributed by atoms with Crippen LogP contribution in [-0.2, 0) is 10.2 Å². The minimum atomic E-state index is 0.160. The molecule has 1 aromatic carbocycles. The SMILES string of the molecule is CC1(c2ccc(N3CCNCC3=O)cc2)CCNC1. The molecular weight excluding hydrogens is 238 g/mol. The molecule has 2 saturated heterocycles. The van der Waals surface area contributed by atoms with Crippen LogP contribution in [-0.4, -0.2) is 38.6 Å². The highest BCUT2D eigenvalue weighted by Crippen LogP contribution is 2.31. The molecule has 1 atom stereocenters. The molecule has 2 heterocycles. The quantitative estimate of drug-likeness (QED) is 0.828. The number of hydrogen-bond acceptors (Lipinski definition) is 3. The van der Waals surface area contributed by atoms with Crippen LogP contribution in [0.15, 0.2) is 24.3 Å². The first-order chi connectivity index (χ1) is 9.19. The smallest absolute Gasteiger partial charge is 0.240 e. The summed E-state index contributed by atoms with van der Waals surface area (Å²) >= 11 is 0. The van der Waals surface area contributed by atoms with E-state index in [-0.39, 0.29) is 11.3 Å². The van der Waals surface area contributed by atoms with Crippen LogP contribution in [0.5, 0.6) is 0 Å². The molecule has 1 unspecified atom stereocenters. The highest BCUT2D eigenvalue weighted by molar-refractivity contribution is 5.95. The summed E-state index contributed by atoms with van der Waals surface area (Å²) in [4.78, 5) is 13.7. The first-order valence-electron chi connectivity index (χ1n) is 7.01. The first kappa shape index (κ1) is 12.6. The van der Waals surface area contributed by atoms with Crippen molar-refractivity contribution in [1.82, 2.24) is 10.6 Å². The van der Waals surface area contributed by atoms with Crippen molar-refractivity contribution < 1.29 is 4.79 Å². The summed E-state index contributed by atoms with van der Waals surface area (Å²) in [7, 11) is 0. The number of piperazine rings is 1. The summed E-state index contributed by atoms with van der Waals surface area (Å²) in [6.45, 7) is 6.51. The number of benzene rings is 1. The van der Waals surface area contributed by atoms with Crippen molar-refractivity contribution in [2.45, 2.75) is 18.8 Å². The number of rotatable bonds is 2. The van der Waals surface area contributed by atoms with Gasteiger partial charge in [-0.25, -0.2) is 0 Å². The third kappa shape index (κ3) is 2.38. The summed E-state index contributed by atoms with van der Waals surface area (Å²) in [6, 6.07) is 8.53. The van der Waals surface area contributed by atoms with Crippen LogP contribution < -0.4 is 15.5 Å². The molecule has 2 aliphatic heterocycles. The molecule has 4 nitrogen and oxygen atoms in total. The summed E-state index contributed by atoms with van der Waals surface area (Å²) in [5.41, 5.74) is 2.63. The Morgan fingerprint density at radius 3 is 2.58 bits per heavy atom. The average molecular weight is 259 g/mol. The number of hydrogen-bond donors (Lipinski definition) is 2. The maximum Gasteiger partial charge on any atom is 0.240 e. The van der Waals surface area contributed by atoms with Crippen molar-refractivity contribution in [3.8, 4) is 0 Å². The predicted molar refractivity (Wildman–Crippen MR) is 76.5 cm³/mol. The standard InChI is InChI=1S/C15H21N3O/c1-15(6-7-17-11-15)12-2-4-13(5-3-12)18-9-8-16-10-14(18)19/h2-5,16-17H,6-11H2,1H3. The number of nitrogens with zero attached hydrogens (tertiary/aromatic N) is 1. The third-order valence-electron chi connectivity index (χ3n) is 4.33. The van der Waals surface area contributed by atoms with Gasteiger partial charge in [-0.15, -0.1) is 0 Å². The van der Waals surface area contributed by atoms with Gasteiger partial charge in [-0.05, 0) is 30.7 Å². The lowest BCUT2D eigenvalue weighted by Crippen LogP contribution is -2.48.